The fourth-order valence-electron chi connectivity index (χ4n) is 2.28. The molecule has 2 rings (SSSR count). The van der Waals surface area contributed by atoms with E-state index in [2.05, 4.69) is 5.32 Å². The largest absolute Gasteiger partial charge is 0.310 e. The Morgan fingerprint density at radius 1 is 1.10 bits per heavy atom. The van der Waals surface area contributed by atoms with Crippen LogP contribution in [0.2, 0.25) is 5.02 Å². The maximum atomic E-state index is 14.0. The van der Waals surface area contributed by atoms with Gasteiger partial charge in [0, 0.05) is 16.6 Å². The van der Waals surface area contributed by atoms with Crippen LogP contribution in [0.25, 0.3) is 0 Å². The number of benzene rings is 2. The van der Waals surface area contributed by atoms with Crippen molar-refractivity contribution in [1.82, 2.24) is 5.32 Å². The van der Waals surface area contributed by atoms with Crippen molar-refractivity contribution < 1.29 is 8.78 Å². The second-order valence-corrected chi connectivity index (χ2v) is 5.35. The van der Waals surface area contributed by atoms with Gasteiger partial charge in [-0.25, -0.2) is 8.78 Å². The van der Waals surface area contributed by atoms with Crippen molar-refractivity contribution in [2.24, 2.45) is 0 Å². The zero-order valence-corrected chi connectivity index (χ0v) is 12.6. The standard InChI is InChI=1S/C17H18ClF2N/c1-2-10-21-16(11-12-6-3-4-8-14(12)18)13-7-5-9-15(19)17(13)20/h3-9,16,21H,2,10-11H2,1H3. The number of hydrogen-bond acceptors (Lipinski definition) is 1. The van der Waals surface area contributed by atoms with Crippen molar-refractivity contribution in [3.63, 3.8) is 0 Å². The summed E-state index contributed by atoms with van der Waals surface area (Å²) in [5, 5.41) is 3.90. The quantitative estimate of drug-likeness (QED) is 0.800. The Kier molecular flexibility index (Phi) is 5.71. The van der Waals surface area contributed by atoms with Crippen LogP contribution in [-0.4, -0.2) is 6.54 Å². The second kappa shape index (κ2) is 7.53. The predicted octanol–water partition coefficient (Wildman–Crippen LogP) is 4.90. The van der Waals surface area contributed by atoms with Gasteiger partial charge in [0.2, 0.25) is 0 Å². The summed E-state index contributed by atoms with van der Waals surface area (Å²) in [5.74, 6) is -1.62. The van der Waals surface area contributed by atoms with Gasteiger partial charge < -0.3 is 5.32 Å². The van der Waals surface area contributed by atoms with E-state index in [1.807, 2.05) is 25.1 Å². The molecule has 1 N–H and O–H groups in total. The molecule has 0 saturated heterocycles. The van der Waals surface area contributed by atoms with E-state index < -0.39 is 11.6 Å². The minimum absolute atomic E-state index is 0.305. The lowest BCUT2D eigenvalue weighted by Gasteiger charge is -2.20. The van der Waals surface area contributed by atoms with E-state index in [9.17, 15) is 8.78 Å². The van der Waals surface area contributed by atoms with Gasteiger partial charge in [0.1, 0.15) is 0 Å². The van der Waals surface area contributed by atoms with Crippen LogP contribution < -0.4 is 5.32 Å². The fraction of sp³-hybridized carbons (Fsp3) is 0.294. The van der Waals surface area contributed by atoms with Gasteiger partial charge in [0.25, 0.3) is 0 Å². The molecular weight excluding hydrogens is 292 g/mol. The molecule has 0 amide bonds. The van der Waals surface area contributed by atoms with Crippen LogP contribution in [0.3, 0.4) is 0 Å². The average molecular weight is 310 g/mol. The van der Waals surface area contributed by atoms with Gasteiger partial charge in [-0.1, -0.05) is 48.9 Å². The second-order valence-electron chi connectivity index (χ2n) is 4.95. The molecule has 1 unspecified atom stereocenters. The Bertz CT molecular complexity index is 601. The Morgan fingerprint density at radius 2 is 1.86 bits per heavy atom. The number of hydrogen-bond donors (Lipinski definition) is 1. The summed E-state index contributed by atoms with van der Waals surface area (Å²) >= 11 is 6.17. The molecule has 0 fully saturated rings. The first-order chi connectivity index (χ1) is 10.1. The molecule has 0 radical (unpaired) electrons. The molecule has 1 nitrogen and oxygen atoms in total. The first-order valence-corrected chi connectivity index (χ1v) is 7.42. The minimum atomic E-state index is -0.824. The molecule has 0 aliphatic rings. The van der Waals surface area contributed by atoms with E-state index in [0.717, 1.165) is 24.6 Å². The van der Waals surface area contributed by atoms with Crippen molar-refractivity contribution in [3.8, 4) is 0 Å². The highest BCUT2D eigenvalue weighted by Gasteiger charge is 2.19. The minimum Gasteiger partial charge on any atom is -0.310 e. The molecule has 112 valence electrons. The van der Waals surface area contributed by atoms with Gasteiger partial charge in [-0.3, -0.25) is 0 Å². The lowest BCUT2D eigenvalue weighted by molar-refractivity contribution is 0.459. The zero-order chi connectivity index (χ0) is 15.2. The molecule has 21 heavy (non-hydrogen) atoms. The third-order valence-electron chi connectivity index (χ3n) is 3.38. The van der Waals surface area contributed by atoms with Crippen molar-refractivity contribution in [2.45, 2.75) is 25.8 Å². The average Bonchev–Trinajstić information content (AvgIpc) is 2.48. The molecule has 0 heterocycles. The number of rotatable bonds is 6. The molecule has 0 spiro atoms. The molecule has 0 aromatic heterocycles. The van der Waals surface area contributed by atoms with Gasteiger partial charge in [0.15, 0.2) is 11.6 Å². The van der Waals surface area contributed by atoms with Crippen LogP contribution in [0.15, 0.2) is 42.5 Å². The number of halogens is 3. The Hall–Kier alpha value is -1.45. The smallest absolute Gasteiger partial charge is 0.163 e. The highest BCUT2D eigenvalue weighted by molar-refractivity contribution is 6.31. The third-order valence-corrected chi connectivity index (χ3v) is 3.75. The van der Waals surface area contributed by atoms with Crippen LogP contribution in [0, 0.1) is 11.6 Å². The first kappa shape index (κ1) is 15.9. The molecule has 0 aliphatic heterocycles. The van der Waals surface area contributed by atoms with E-state index in [0.29, 0.717) is 17.0 Å². The normalized spacial score (nSPS) is 12.4. The lowest BCUT2D eigenvalue weighted by Crippen LogP contribution is -2.25. The lowest BCUT2D eigenvalue weighted by atomic mass is 9.98. The van der Waals surface area contributed by atoms with E-state index in [4.69, 9.17) is 11.6 Å². The third kappa shape index (κ3) is 4.02. The number of nitrogens with one attached hydrogen (secondary N) is 1. The Balaban J connectivity index is 2.30. The molecular formula is C17H18ClF2N. The van der Waals surface area contributed by atoms with E-state index in [1.54, 1.807) is 12.1 Å². The fourth-order valence-corrected chi connectivity index (χ4v) is 2.50. The van der Waals surface area contributed by atoms with Crippen molar-refractivity contribution in [2.75, 3.05) is 6.54 Å². The topological polar surface area (TPSA) is 12.0 Å². The summed E-state index contributed by atoms with van der Waals surface area (Å²) in [6.45, 7) is 2.76. The highest BCUT2D eigenvalue weighted by atomic mass is 35.5. The maximum Gasteiger partial charge on any atom is 0.163 e. The highest BCUT2D eigenvalue weighted by Crippen LogP contribution is 2.26. The molecule has 2 aromatic rings. The van der Waals surface area contributed by atoms with E-state index in [-0.39, 0.29) is 6.04 Å². The Morgan fingerprint density at radius 3 is 2.57 bits per heavy atom. The van der Waals surface area contributed by atoms with Crippen LogP contribution >= 0.6 is 11.6 Å². The maximum absolute atomic E-state index is 14.0. The molecule has 0 aliphatic carbocycles. The van der Waals surface area contributed by atoms with Crippen LogP contribution in [-0.2, 0) is 6.42 Å². The molecule has 0 bridgehead atoms. The predicted molar refractivity (Wildman–Crippen MR) is 82.5 cm³/mol. The Labute approximate surface area is 128 Å². The van der Waals surface area contributed by atoms with Gasteiger partial charge in [0.05, 0.1) is 0 Å². The van der Waals surface area contributed by atoms with Gasteiger partial charge in [-0.2, -0.15) is 0 Å². The van der Waals surface area contributed by atoms with Gasteiger partial charge in [-0.05, 0) is 37.1 Å². The van der Waals surface area contributed by atoms with Crippen LogP contribution in [0.5, 0.6) is 0 Å². The summed E-state index contributed by atoms with van der Waals surface area (Å²) in [6, 6.07) is 11.4. The van der Waals surface area contributed by atoms with Crippen LogP contribution in [0.1, 0.15) is 30.5 Å². The first-order valence-electron chi connectivity index (χ1n) is 7.04. The summed E-state index contributed by atoms with van der Waals surface area (Å²) in [4.78, 5) is 0. The van der Waals surface area contributed by atoms with Crippen LogP contribution in [0.4, 0.5) is 8.78 Å². The van der Waals surface area contributed by atoms with Crippen molar-refractivity contribution in [1.29, 1.82) is 0 Å². The molecule has 0 saturated carbocycles. The van der Waals surface area contributed by atoms with E-state index in [1.165, 1.54) is 6.07 Å². The molecule has 1 atom stereocenters. The summed E-state index contributed by atoms with van der Waals surface area (Å²) in [7, 11) is 0. The SMILES string of the molecule is CCCNC(Cc1ccccc1Cl)c1cccc(F)c1F. The monoisotopic (exact) mass is 309 g/mol. The van der Waals surface area contributed by atoms with Gasteiger partial charge >= 0.3 is 0 Å². The zero-order valence-electron chi connectivity index (χ0n) is 11.9. The van der Waals surface area contributed by atoms with Crippen molar-refractivity contribution >= 4 is 11.6 Å². The van der Waals surface area contributed by atoms with E-state index >= 15 is 0 Å². The van der Waals surface area contributed by atoms with Gasteiger partial charge in [-0.15, -0.1) is 0 Å². The molecule has 2 aromatic carbocycles. The summed E-state index contributed by atoms with van der Waals surface area (Å²) in [6.07, 6.45) is 1.43. The van der Waals surface area contributed by atoms with Crippen molar-refractivity contribution in [3.05, 3.63) is 70.2 Å². The summed E-state index contributed by atoms with van der Waals surface area (Å²) < 4.78 is 27.5. The molecule has 4 heteroatoms. The summed E-state index contributed by atoms with van der Waals surface area (Å²) in [5.41, 5.74) is 1.25.